The second-order valence-electron chi connectivity index (χ2n) is 8.12. The summed E-state index contributed by atoms with van der Waals surface area (Å²) in [5, 5.41) is 10.2. The molecule has 0 saturated heterocycles. The predicted molar refractivity (Wildman–Crippen MR) is 121 cm³/mol. The molecule has 3 rings (SSSR count). The highest BCUT2D eigenvalue weighted by molar-refractivity contribution is 7.92. The molecule has 1 aliphatic carbocycles. The highest BCUT2D eigenvalue weighted by Gasteiger charge is 2.32. The Morgan fingerprint density at radius 1 is 1.10 bits per heavy atom. The summed E-state index contributed by atoms with van der Waals surface area (Å²) in [6.45, 7) is 6.26. The minimum atomic E-state index is -3.77. The SMILES string of the molecule is CCOc1ccc(NS(=O)(=O)c2ccc(N=CC3=C(O)CC(C)(C)CC3=O)cc2)cc1. The van der Waals surface area contributed by atoms with Crippen molar-refractivity contribution < 1.29 is 23.1 Å². The first-order valence-electron chi connectivity index (χ1n) is 9.95. The number of rotatable bonds is 7. The number of nitrogens with one attached hydrogen (secondary N) is 1. The van der Waals surface area contributed by atoms with Crippen molar-refractivity contribution in [2.45, 2.75) is 38.5 Å². The maximum Gasteiger partial charge on any atom is 0.261 e. The van der Waals surface area contributed by atoms with Crippen LogP contribution in [0, 0.1) is 5.41 Å². The summed E-state index contributed by atoms with van der Waals surface area (Å²) >= 11 is 0. The second-order valence-corrected chi connectivity index (χ2v) is 9.80. The summed E-state index contributed by atoms with van der Waals surface area (Å²) < 4.78 is 33.1. The number of aliphatic hydroxyl groups is 1. The Bertz CT molecular complexity index is 1120. The standard InChI is InChI=1S/C23H26N2O5S/c1-4-30-18-9-5-17(6-10-18)25-31(28,29)19-11-7-16(8-12-19)24-15-20-21(26)13-23(2,3)14-22(20)27/h5-12,15,25-26H,4,13-14H2,1-3H3. The zero-order valence-corrected chi connectivity index (χ0v) is 18.6. The summed E-state index contributed by atoms with van der Waals surface area (Å²) in [6.07, 6.45) is 2.09. The van der Waals surface area contributed by atoms with Gasteiger partial charge in [0.1, 0.15) is 11.5 Å². The summed E-state index contributed by atoms with van der Waals surface area (Å²) in [5.74, 6) is 0.536. The van der Waals surface area contributed by atoms with Gasteiger partial charge in [0.25, 0.3) is 10.0 Å². The van der Waals surface area contributed by atoms with Crippen molar-refractivity contribution in [1.82, 2.24) is 0 Å². The molecule has 2 aromatic rings. The summed E-state index contributed by atoms with van der Waals surface area (Å²) in [6, 6.07) is 12.6. The number of ketones is 1. The normalized spacial score (nSPS) is 16.5. The lowest BCUT2D eigenvalue weighted by Gasteiger charge is -2.28. The fourth-order valence-corrected chi connectivity index (χ4v) is 4.36. The largest absolute Gasteiger partial charge is 0.511 e. The van der Waals surface area contributed by atoms with Gasteiger partial charge in [-0.1, -0.05) is 13.8 Å². The van der Waals surface area contributed by atoms with Crippen LogP contribution in [0.25, 0.3) is 0 Å². The monoisotopic (exact) mass is 442 g/mol. The van der Waals surface area contributed by atoms with Gasteiger partial charge in [-0.05, 0) is 60.9 Å². The molecule has 0 amide bonds. The van der Waals surface area contributed by atoms with Crippen LogP contribution in [0.1, 0.15) is 33.6 Å². The van der Waals surface area contributed by atoms with Crippen LogP contribution in [0.4, 0.5) is 11.4 Å². The average molecular weight is 443 g/mol. The Balaban J connectivity index is 1.72. The maximum absolute atomic E-state index is 12.6. The van der Waals surface area contributed by atoms with Gasteiger partial charge in [-0.25, -0.2) is 8.42 Å². The van der Waals surface area contributed by atoms with Crippen molar-refractivity contribution in [3.63, 3.8) is 0 Å². The molecular weight excluding hydrogens is 416 g/mol. The first-order chi connectivity index (χ1) is 14.6. The molecule has 7 nitrogen and oxygen atoms in total. The van der Waals surface area contributed by atoms with Crippen LogP contribution >= 0.6 is 0 Å². The van der Waals surface area contributed by atoms with Crippen LogP contribution in [-0.4, -0.2) is 32.1 Å². The maximum atomic E-state index is 12.6. The van der Waals surface area contributed by atoms with Crippen LogP contribution in [0.2, 0.25) is 0 Å². The van der Waals surface area contributed by atoms with E-state index in [1.165, 1.54) is 30.5 Å². The van der Waals surface area contributed by atoms with Crippen LogP contribution in [0.15, 0.2) is 69.8 Å². The number of nitrogens with zero attached hydrogens (tertiary/aromatic N) is 1. The molecule has 1 aliphatic rings. The quantitative estimate of drug-likeness (QED) is 0.600. The van der Waals surface area contributed by atoms with Gasteiger partial charge >= 0.3 is 0 Å². The number of sulfonamides is 1. The third-order valence-electron chi connectivity index (χ3n) is 4.80. The zero-order chi connectivity index (χ0) is 22.6. The van der Waals surface area contributed by atoms with E-state index in [4.69, 9.17) is 4.74 Å². The number of allylic oxidation sites excluding steroid dienone is 2. The molecule has 0 spiro atoms. The molecule has 31 heavy (non-hydrogen) atoms. The minimum Gasteiger partial charge on any atom is -0.511 e. The number of benzene rings is 2. The van der Waals surface area contributed by atoms with Crippen LogP contribution in [0.3, 0.4) is 0 Å². The molecule has 0 saturated carbocycles. The Kier molecular flexibility index (Phi) is 6.50. The van der Waals surface area contributed by atoms with Crippen LogP contribution in [-0.2, 0) is 14.8 Å². The van der Waals surface area contributed by atoms with Crippen molar-refractivity contribution in [2.75, 3.05) is 11.3 Å². The average Bonchev–Trinajstić information content (AvgIpc) is 2.68. The van der Waals surface area contributed by atoms with Gasteiger partial charge in [0.15, 0.2) is 5.78 Å². The molecule has 0 atom stereocenters. The highest BCUT2D eigenvalue weighted by atomic mass is 32.2. The molecule has 0 fully saturated rings. The Hall–Kier alpha value is -3.13. The first kappa shape index (κ1) is 22.6. The first-order valence-corrected chi connectivity index (χ1v) is 11.4. The minimum absolute atomic E-state index is 0.0313. The highest BCUT2D eigenvalue weighted by Crippen LogP contribution is 2.35. The van der Waals surface area contributed by atoms with E-state index in [1.54, 1.807) is 24.3 Å². The van der Waals surface area contributed by atoms with Gasteiger partial charge < -0.3 is 9.84 Å². The Labute approximate surface area is 182 Å². The Morgan fingerprint density at radius 2 is 1.74 bits per heavy atom. The zero-order valence-electron chi connectivity index (χ0n) is 17.8. The fraction of sp³-hybridized carbons (Fsp3) is 0.304. The van der Waals surface area contributed by atoms with E-state index in [0.717, 1.165) is 0 Å². The number of hydrogen-bond donors (Lipinski definition) is 2. The molecule has 0 aliphatic heterocycles. The number of aliphatic hydroxyl groups excluding tert-OH is 1. The number of carbonyl (C=O) groups is 1. The molecule has 0 unspecified atom stereocenters. The third kappa shape index (κ3) is 5.73. The topological polar surface area (TPSA) is 105 Å². The molecular formula is C23H26N2O5S. The van der Waals surface area contributed by atoms with E-state index in [-0.39, 0.29) is 27.4 Å². The second kappa shape index (κ2) is 8.93. The number of aliphatic imine (C=N–C) groups is 1. The molecule has 164 valence electrons. The van der Waals surface area contributed by atoms with Crippen LogP contribution < -0.4 is 9.46 Å². The summed E-state index contributed by atoms with van der Waals surface area (Å²) in [7, 11) is -3.77. The molecule has 2 N–H and O–H groups in total. The van der Waals surface area contributed by atoms with Crippen molar-refractivity contribution in [3.8, 4) is 5.75 Å². The van der Waals surface area contributed by atoms with Gasteiger partial charge in [-0.3, -0.25) is 14.5 Å². The van der Waals surface area contributed by atoms with E-state index in [2.05, 4.69) is 9.71 Å². The molecule has 0 bridgehead atoms. The number of anilines is 1. The van der Waals surface area contributed by atoms with Crippen molar-refractivity contribution in [1.29, 1.82) is 0 Å². The number of carbonyl (C=O) groups excluding carboxylic acids is 1. The lowest BCUT2D eigenvalue weighted by molar-refractivity contribution is -0.117. The molecule has 0 heterocycles. The molecule has 2 aromatic carbocycles. The lowest BCUT2D eigenvalue weighted by atomic mass is 9.77. The molecule has 0 aromatic heterocycles. The predicted octanol–water partition coefficient (Wildman–Crippen LogP) is 4.79. The van der Waals surface area contributed by atoms with Crippen molar-refractivity contribution in [2.24, 2.45) is 10.4 Å². The number of hydrogen-bond acceptors (Lipinski definition) is 6. The lowest BCUT2D eigenvalue weighted by Crippen LogP contribution is -2.26. The van der Waals surface area contributed by atoms with Gasteiger partial charge in [0.05, 0.1) is 22.8 Å². The summed E-state index contributed by atoms with van der Waals surface area (Å²) in [4.78, 5) is 16.6. The van der Waals surface area contributed by atoms with Gasteiger partial charge in [-0.2, -0.15) is 0 Å². The number of Topliss-reactive ketones (excluding diaryl/α,β-unsaturated/α-hetero) is 1. The van der Waals surface area contributed by atoms with E-state index in [9.17, 15) is 18.3 Å². The van der Waals surface area contributed by atoms with E-state index >= 15 is 0 Å². The molecule has 0 radical (unpaired) electrons. The smallest absolute Gasteiger partial charge is 0.261 e. The van der Waals surface area contributed by atoms with Gasteiger partial charge in [0.2, 0.25) is 0 Å². The van der Waals surface area contributed by atoms with Gasteiger partial charge in [-0.15, -0.1) is 0 Å². The summed E-state index contributed by atoms with van der Waals surface area (Å²) in [5.41, 5.74) is 0.822. The fourth-order valence-electron chi connectivity index (χ4n) is 3.30. The third-order valence-corrected chi connectivity index (χ3v) is 6.20. The number of ether oxygens (including phenoxy) is 1. The van der Waals surface area contributed by atoms with E-state index in [0.29, 0.717) is 36.6 Å². The van der Waals surface area contributed by atoms with Crippen molar-refractivity contribution in [3.05, 3.63) is 59.9 Å². The Morgan fingerprint density at radius 3 is 2.32 bits per heavy atom. The van der Waals surface area contributed by atoms with Crippen LogP contribution in [0.5, 0.6) is 5.75 Å². The van der Waals surface area contributed by atoms with E-state index < -0.39 is 10.0 Å². The van der Waals surface area contributed by atoms with Crippen molar-refractivity contribution >= 4 is 33.4 Å². The van der Waals surface area contributed by atoms with E-state index in [1.807, 2.05) is 20.8 Å². The van der Waals surface area contributed by atoms with Gasteiger partial charge in [0, 0.05) is 24.7 Å². The molecule has 8 heteroatoms.